The van der Waals surface area contributed by atoms with Gasteiger partial charge >= 0.3 is 5.97 Å². The summed E-state index contributed by atoms with van der Waals surface area (Å²) in [5, 5.41) is 0. The number of aromatic nitrogens is 1. The van der Waals surface area contributed by atoms with Crippen LogP contribution >= 0.6 is 15.9 Å². The van der Waals surface area contributed by atoms with Crippen LogP contribution in [0.15, 0.2) is 34.8 Å². The van der Waals surface area contributed by atoms with Crippen LogP contribution < -0.4 is 9.47 Å². The molecule has 0 saturated carbocycles. The first-order valence-corrected chi connectivity index (χ1v) is 7.46. The van der Waals surface area contributed by atoms with Gasteiger partial charge in [-0.15, -0.1) is 0 Å². The zero-order valence-corrected chi connectivity index (χ0v) is 14.2. The van der Waals surface area contributed by atoms with E-state index in [1.165, 1.54) is 14.0 Å². The summed E-state index contributed by atoms with van der Waals surface area (Å²) in [7, 11) is 1.53. The number of hydrogen-bond donors (Lipinski definition) is 0. The number of carbonyl (C=O) groups is 1. The second kappa shape index (κ2) is 7.22. The monoisotopic (exact) mass is 361 g/mol. The topological polar surface area (TPSA) is 48.4 Å². The number of rotatable bonds is 4. The molecule has 0 radical (unpaired) electrons. The van der Waals surface area contributed by atoms with E-state index in [0.29, 0.717) is 11.5 Å². The SMILES string of the molecule is COc1cc(Br)cc(C=Cc2cccc(C)n2)c1OC(C)=O. The van der Waals surface area contributed by atoms with Gasteiger partial charge in [-0.1, -0.05) is 22.0 Å². The van der Waals surface area contributed by atoms with Gasteiger partial charge < -0.3 is 9.47 Å². The molecule has 0 bridgehead atoms. The Kier molecular flexibility index (Phi) is 5.33. The lowest BCUT2D eigenvalue weighted by Gasteiger charge is -2.11. The van der Waals surface area contributed by atoms with Crippen molar-refractivity contribution in [1.29, 1.82) is 0 Å². The molecule has 0 N–H and O–H groups in total. The predicted octanol–water partition coefficient (Wildman–Crippen LogP) is 4.26. The molecule has 5 heteroatoms. The van der Waals surface area contributed by atoms with Crippen molar-refractivity contribution in [2.75, 3.05) is 7.11 Å². The molecule has 1 heterocycles. The van der Waals surface area contributed by atoms with Gasteiger partial charge in [0.2, 0.25) is 0 Å². The highest BCUT2D eigenvalue weighted by Crippen LogP contribution is 2.36. The molecule has 22 heavy (non-hydrogen) atoms. The third-order valence-corrected chi connectivity index (χ3v) is 3.32. The average molecular weight is 362 g/mol. The fourth-order valence-corrected chi connectivity index (χ4v) is 2.40. The van der Waals surface area contributed by atoms with Crippen LogP contribution in [0.2, 0.25) is 0 Å². The van der Waals surface area contributed by atoms with Crippen molar-refractivity contribution in [1.82, 2.24) is 4.98 Å². The van der Waals surface area contributed by atoms with Crippen LogP contribution in [0.5, 0.6) is 11.5 Å². The highest BCUT2D eigenvalue weighted by molar-refractivity contribution is 9.10. The van der Waals surface area contributed by atoms with E-state index in [4.69, 9.17) is 9.47 Å². The minimum atomic E-state index is -0.399. The van der Waals surface area contributed by atoms with Crippen molar-refractivity contribution in [2.45, 2.75) is 13.8 Å². The van der Waals surface area contributed by atoms with Crippen LogP contribution in [-0.2, 0) is 4.79 Å². The number of esters is 1. The van der Waals surface area contributed by atoms with Crippen LogP contribution in [0.4, 0.5) is 0 Å². The third-order valence-electron chi connectivity index (χ3n) is 2.86. The zero-order valence-electron chi connectivity index (χ0n) is 12.6. The largest absolute Gasteiger partial charge is 0.493 e. The maximum atomic E-state index is 11.3. The van der Waals surface area contributed by atoms with Gasteiger partial charge in [0.05, 0.1) is 12.8 Å². The van der Waals surface area contributed by atoms with E-state index in [-0.39, 0.29) is 0 Å². The molecule has 0 fully saturated rings. The molecule has 1 aromatic heterocycles. The molecule has 0 saturated heterocycles. The molecule has 114 valence electrons. The lowest BCUT2D eigenvalue weighted by Crippen LogP contribution is -2.04. The summed E-state index contributed by atoms with van der Waals surface area (Å²) < 4.78 is 11.4. The van der Waals surface area contributed by atoms with Crippen molar-refractivity contribution in [3.05, 3.63) is 51.8 Å². The number of pyridine rings is 1. The summed E-state index contributed by atoms with van der Waals surface area (Å²) in [5.41, 5.74) is 2.49. The van der Waals surface area contributed by atoms with Crippen LogP contribution in [-0.4, -0.2) is 18.1 Å². The quantitative estimate of drug-likeness (QED) is 0.603. The van der Waals surface area contributed by atoms with Crippen molar-refractivity contribution in [3.63, 3.8) is 0 Å². The van der Waals surface area contributed by atoms with E-state index >= 15 is 0 Å². The van der Waals surface area contributed by atoms with Crippen LogP contribution in [0.1, 0.15) is 23.9 Å². The van der Waals surface area contributed by atoms with E-state index in [1.54, 1.807) is 6.07 Å². The summed E-state index contributed by atoms with van der Waals surface area (Å²) in [6.45, 7) is 3.29. The van der Waals surface area contributed by atoms with Crippen molar-refractivity contribution >= 4 is 34.1 Å². The Bertz CT molecular complexity index is 726. The maximum Gasteiger partial charge on any atom is 0.308 e. The molecule has 0 aliphatic rings. The Morgan fingerprint density at radius 1 is 1.27 bits per heavy atom. The number of aryl methyl sites for hydroxylation is 1. The molecule has 0 spiro atoms. The van der Waals surface area contributed by atoms with Gasteiger partial charge in [-0.2, -0.15) is 0 Å². The molecule has 0 unspecified atom stereocenters. The number of methoxy groups -OCH3 is 1. The van der Waals surface area contributed by atoms with E-state index in [1.807, 2.05) is 43.3 Å². The van der Waals surface area contributed by atoms with E-state index < -0.39 is 5.97 Å². The van der Waals surface area contributed by atoms with Crippen LogP contribution in [0.25, 0.3) is 12.2 Å². The van der Waals surface area contributed by atoms with Gasteiger partial charge in [-0.3, -0.25) is 9.78 Å². The number of carbonyl (C=O) groups excluding carboxylic acids is 1. The number of hydrogen-bond acceptors (Lipinski definition) is 4. The van der Waals surface area contributed by atoms with Gasteiger partial charge in [-0.25, -0.2) is 0 Å². The van der Waals surface area contributed by atoms with Crippen molar-refractivity contribution in [2.24, 2.45) is 0 Å². The maximum absolute atomic E-state index is 11.3. The summed E-state index contributed by atoms with van der Waals surface area (Å²) in [5.74, 6) is 0.479. The molecule has 0 atom stereocenters. The van der Waals surface area contributed by atoms with Gasteiger partial charge in [0.25, 0.3) is 0 Å². The lowest BCUT2D eigenvalue weighted by molar-refractivity contribution is -0.132. The Balaban J connectivity index is 2.44. The molecule has 0 amide bonds. The van der Waals surface area contributed by atoms with Crippen LogP contribution in [0, 0.1) is 6.92 Å². The predicted molar refractivity (Wildman–Crippen MR) is 89.9 cm³/mol. The molecular formula is C17H16BrNO3. The first-order valence-electron chi connectivity index (χ1n) is 6.67. The van der Waals surface area contributed by atoms with Crippen molar-refractivity contribution in [3.8, 4) is 11.5 Å². The smallest absolute Gasteiger partial charge is 0.308 e. The minimum absolute atomic E-state index is 0.391. The highest BCUT2D eigenvalue weighted by Gasteiger charge is 2.13. The summed E-state index contributed by atoms with van der Waals surface area (Å²) in [4.78, 5) is 15.7. The molecule has 2 aromatic rings. The first-order chi connectivity index (χ1) is 10.5. The Labute approximate surface area is 137 Å². The molecule has 0 aliphatic carbocycles. The summed E-state index contributed by atoms with van der Waals surface area (Å²) in [6.07, 6.45) is 3.70. The van der Waals surface area contributed by atoms with Gasteiger partial charge in [0.1, 0.15) is 0 Å². The van der Waals surface area contributed by atoms with E-state index in [9.17, 15) is 4.79 Å². The fourth-order valence-electron chi connectivity index (χ4n) is 1.95. The number of nitrogens with zero attached hydrogens (tertiary/aromatic N) is 1. The van der Waals surface area contributed by atoms with Gasteiger partial charge in [0.15, 0.2) is 11.5 Å². The van der Waals surface area contributed by atoms with E-state index in [0.717, 1.165) is 21.4 Å². The third kappa shape index (κ3) is 4.18. The average Bonchev–Trinajstić information content (AvgIpc) is 2.46. The number of benzene rings is 1. The fraction of sp³-hybridized carbons (Fsp3) is 0.176. The first kappa shape index (κ1) is 16.2. The molecule has 2 rings (SSSR count). The summed E-state index contributed by atoms with van der Waals surface area (Å²) >= 11 is 3.42. The van der Waals surface area contributed by atoms with Gasteiger partial charge in [-0.05, 0) is 43.3 Å². The van der Waals surface area contributed by atoms with Crippen molar-refractivity contribution < 1.29 is 14.3 Å². The minimum Gasteiger partial charge on any atom is -0.493 e. The van der Waals surface area contributed by atoms with E-state index in [2.05, 4.69) is 20.9 Å². The summed E-state index contributed by atoms with van der Waals surface area (Å²) in [6, 6.07) is 9.39. The Morgan fingerprint density at radius 2 is 2.05 bits per heavy atom. The molecule has 1 aromatic carbocycles. The molecule has 0 aliphatic heterocycles. The normalized spacial score (nSPS) is 10.7. The van der Waals surface area contributed by atoms with Crippen LogP contribution in [0.3, 0.4) is 0 Å². The molecule has 4 nitrogen and oxygen atoms in total. The highest BCUT2D eigenvalue weighted by atomic mass is 79.9. The second-order valence-electron chi connectivity index (χ2n) is 4.66. The standard InChI is InChI=1S/C17H16BrNO3/c1-11-5-4-6-15(19-11)8-7-13-9-14(18)10-16(21-3)17(13)22-12(2)20/h4-10H,1-3H3. The zero-order chi connectivity index (χ0) is 16.1. The Morgan fingerprint density at radius 3 is 2.68 bits per heavy atom. The second-order valence-corrected chi connectivity index (χ2v) is 5.57. The lowest BCUT2D eigenvalue weighted by atomic mass is 10.1. The van der Waals surface area contributed by atoms with Gasteiger partial charge in [0, 0.05) is 22.7 Å². The number of halogens is 1. The molecular weight excluding hydrogens is 346 g/mol. The Hall–Kier alpha value is -2.14. The number of ether oxygens (including phenoxy) is 2.